The first-order chi connectivity index (χ1) is 15.9. The second-order valence-corrected chi connectivity index (χ2v) is 7.81. The number of aryl methyl sites for hydroxylation is 1. The maximum atomic E-state index is 14.3. The Morgan fingerprint density at radius 2 is 1.79 bits per heavy atom. The Bertz CT molecular complexity index is 1040. The van der Waals surface area contributed by atoms with E-state index in [-0.39, 0.29) is 17.0 Å². The first-order valence-corrected chi connectivity index (χ1v) is 10.8. The molecule has 3 aromatic carbocycles. The van der Waals surface area contributed by atoms with Gasteiger partial charge in [0.25, 0.3) is 0 Å². The number of aliphatic hydroxyl groups excluding tert-OH is 1. The van der Waals surface area contributed by atoms with Gasteiger partial charge in [-0.25, -0.2) is 0 Å². The normalized spacial score (nSPS) is 12.2. The maximum Gasteiger partial charge on any atom is 0.306 e. The van der Waals surface area contributed by atoms with Crippen LogP contribution in [0.4, 0.5) is 14.5 Å². The van der Waals surface area contributed by atoms with E-state index in [1.165, 1.54) is 18.2 Å². The summed E-state index contributed by atoms with van der Waals surface area (Å²) in [6.45, 7) is -0.736. The van der Waals surface area contributed by atoms with Crippen molar-refractivity contribution in [1.29, 1.82) is 0 Å². The molecule has 0 saturated heterocycles. The minimum absolute atomic E-state index is 0.0679. The van der Waals surface area contributed by atoms with Gasteiger partial charge < -0.3 is 20.3 Å². The third kappa shape index (κ3) is 7.02. The van der Waals surface area contributed by atoms with E-state index in [4.69, 9.17) is 4.74 Å². The third-order valence-electron chi connectivity index (χ3n) is 5.33. The lowest BCUT2D eigenvalue weighted by atomic mass is 10.0. The number of anilines is 1. The van der Waals surface area contributed by atoms with Crippen molar-refractivity contribution in [3.8, 4) is 11.5 Å². The Kier molecular flexibility index (Phi) is 8.38. The molecule has 0 radical (unpaired) electrons. The highest BCUT2D eigenvalue weighted by molar-refractivity contribution is 5.75. The number of carbonyl (C=O) groups excluding carboxylic acids is 1. The van der Waals surface area contributed by atoms with Gasteiger partial charge in [0.2, 0.25) is 6.41 Å². The van der Waals surface area contributed by atoms with Crippen LogP contribution in [0.5, 0.6) is 11.5 Å². The zero-order valence-electron chi connectivity index (χ0n) is 18.1. The van der Waals surface area contributed by atoms with Gasteiger partial charge >= 0.3 is 5.92 Å². The molecule has 0 saturated carbocycles. The number of phenols is 1. The topological polar surface area (TPSA) is 78.8 Å². The highest BCUT2D eigenvalue weighted by Crippen LogP contribution is 2.30. The van der Waals surface area contributed by atoms with Crippen molar-refractivity contribution in [2.24, 2.45) is 0 Å². The lowest BCUT2D eigenvalue weighted by Crippen LogP contribution is -2.23. The molecule has 0 spiro atoms. The SMILES string of the molecule is O=CNc1cc(C(O)CCCCc2cccc(OCC(F)(F)c3ccccc3)c2)ccc1O. The molecule has 33 heavy (non-hydrogen) atoms. The van der Waals surface area contributed by atoms with Crippen LogP contribution < -0.4 is 10.1 Å². The Balaban J connectivity index is 1.47. The summed E-state index contributed by atoms with van der Waals surface area (Å²) in [5, 5.41) is 22.5. The number of nitrogens with one attached hydrogen (secondary N) is 1. The molecule has 0 bridgehead atoms. The first kappa shape index (κ1) is 24.2. The number of rotatable bonds is 12. The number of benzene rings is 3. The number of alkyl halides is 2. The van der Waals surface area contributed by atoms with Crippen molar-refractivity contribution in [1.82, 2.24) is 0 Å². The van der Waals surface area contributed by atoms with Gasteiger partial charge in [-0.3, -0.25) is 4.79 Å². The zero-order chi connectivity index (χ0) is 23.7. The standard InChI is InChI=1S/C26H27F2NO4/c27-26(28,21-9-2-1-3-10-21)17-33-22-11-6-8-19(15-22)7-4-5-12-24(31)20-13-14-25(32)23(16-20)29-18-30/h1-3,6,8-11,13-16,18,24,31-32H,4-5,7,12,17H2,(H,29,30). The van der Waals surface area contributed by atoms with Gasteiger partial charge in [-0.1, -0.05) is 55.0 Å². The Morgan fingerprint density at radius 1 is 1.00 bits per heavy atom. The highest BCUT2D eigenvalue weighted by Gasteiger charge is 2.32. The fourth-order valence-electron chi connectivity index (χ4n) is 3.50. The van der Waals surface area contributed by atoms with Crippen LogP contribution in [0.25, 0.3) is 0 Å². The van der Waals surface area contributed by atoms with Crippen molar-refractivity contribution in [3.05, 3.63) is 89.5 Å². The number of ether oxygens (including phenoxy) is 1. The predicted molar refractivity (Wildman–Crippen MR) is 123 cm³/mol. The molecule has 1 unspecified atom stereocenters. The number of hydrogen-bond donors (Lipinski definition) is 3. The molecular weight excluding hydrogens is 428 g/mol. The zero-order valence-corrected chi connectivity index (χ0v) is 18.1. The molecule has 0 aliphatic rings. The van der Waals surface area contributed by atoms with Gasteiger partial charge in [-0.15, -0.1) is 0 Å². The molecule has 0 aliphatic carbocycles. The maximum absolute atomic E-state index is 14.3. The third-order valence-corrected chi connectivity index (χ3v) is 5.33. The molecule has 3 N–H and O–H groups in total. The molecule has 174 valence electrons. The summed E-state index contributed by atoms with van der Waals surface area (Å²) < 4.78 is 34.0. The average molecular weight is 456 g/mol. The monoisotopic (exact) mass is 455 g/mol. The van der Waals surface area contributed by atoms with Crippen molar-refractivity contribution in [3.63, 3.8) is 0 Å². The van der Waals surface area contributed by atoms with Gasteiger partial charge in [0, 0.05) is 5.56 Å². The smallest absolute Gasteiger partial charge is 0.306 e. The number of aromatic hydroxyl groups is 1. The summed E-state index contributed by atoms with van der Waals surface area (Å²) in [6, 6.07) is 19.3. The minimum Gasteiger partial charge on any atom is -0.506 e. The molecule has 0 heterocycles. The molecule has 7 heteroatoms. The molecule has 3 aromatic rings. The summed E-state index contributed by atoms with van der Waals surface area (Å²) in [7, 11) is 0. The van der Waals surface area contributed by atoms with E-state index in [1.807, 2.05) is 6.07 Å². The van der Waals surface area contributed by atoms with E-state index in [1.54, 1.807) is 48.5 Å². The van der Waals surface area contributed by atoms with Crippen molar-refractivity contribution in [2.45, 2.75) is 37.7 Å². The van der Waals surface area contributed by atoms with Crippen LogP contribution in [0, 0.1) is 0 Å². The number of hydrogen-bond acceptors (Lipinski definition) is 4. The number of aliphatic hydroxyl groups is 1. The van der Waals surface area contributed by atoms with Gasteiger partial charge in [0.05, 0.1) is 11.8 Å². The lowest BCUT2D eigenvalue weighted by molar-refractivity contribution is -0.105. The fourth-order valence-corrected chi connectivity index (χ4v) is 3.50. The van der Waals surface area contributed by atoms with Crippen molar-refractivity contribution >= 4 is 12.1 Å². The molecule has 0 aromatic heterocycles. The van der Waals surface area contributed by atoms with Gasteiger partial charge in [-0.2, -0.15) is 8.78 Å². The molecule has 0 aliphatic heterocycles. The second-order valence-electron chi connectivity index (χ2n) is 7.81. The summed E-state index contributed by atoms with van der Waals surface area (Å²) in [6.07, 6.45) is 2.48. The summed E-state index contributed by atoms with van der Waals surface area (Å²) in [4.78, 5) is 10.6. The quantitative estimate of drug-likeness (QED) is 0.189. The Labute approximate surface area is 191 Å². The number of phenolic OH excluding ortho intramolecular Hbond substituents is 1. The highest BCUT2D eigenvalue weighted by atomic mass is 19.3. The summed E-state index contributed by atoms with van der Waals surface area (Å²) >= 11 is 0. The Hall–Kier alpha value is -3.45. The number of unbranched alkanes of at least 4 members (excludes halogenated alkanes) is 1. The first-order valence-electron chi connectivity index (χ1n) is 10.8. The van der Waals surface area contributed by atoms with E-state index in [2.05, 4.69) is 5.32 Å². The summed E-state index contributed by atoms with van der Waals surface area (Å²) in [5.41, 5.74) is 1.73. The number of halogens is 2. The largest absolute Gasteiger partial charge is 0.506 e. The number of amides is 1. The van der Waals surface area contributed by atoms with E-state index in [0.29, 0.717) is 30.6 Å². The van der Waals surface area contributed by atoms with Crippen molar-refractivity contribution in [2.75, 3.05) is 11.9 Å². The van der Waals surface area contributed by atoms with Gasteiger partial charge in [0.15, 0.2) is 6.61 Å². The molecular formula is C26H27F2NO4. The lowest BCUT2D eigenvalue weighted by Gasteiger charge is -2.18. The van der Waals surface area contributed by atoms with Gasteiger partial charge in [-0.05, 0) is 54.7 Å². The van der Waals surface area contributed by atoms with Crippen LogP contribution in [0.3, 0.4) is 0 Å². The average Bonchev–Trinajstić information content (AvgIpc) is 2.83. The van der Waals surface area contributed by atoms with Gasteiger partial charge in [0.1, 0.15) is 11.5 Å². The van der Waals surface area contributed by atoms with E-state index in [9.17, 15) is 23.8 Å². The fraction of sp³-hybridized carbons (Fsp3) is 0.269. The molecule has 1 amide bonds. The van der Waals surface area contributed by atoms with Crippen LogP contribution >= 0.6 is 0 Å². The Morgan fingerprint density at radius 3 is 2.55 bits per heavy atom. The van der Waals surface area contributed by atoms with Crippen molar-refractivity contribution < 1.29 is 28.5 Å². The minimum atomic E-state index is -3.08. The molecule has 3 rings (SSSR count). The van der Waals surface area contributed by atoms with Crippen LogP contribution in [-0.4, -0.2) is 23.2 Å². The van der Waals surface area contributed by atoms with E-state index in [0.717, 1.165) is 18.4 Å². The summed E-state index contributed by atoms with van der Waals surface area (Å²) in [5.74, 6) is -2.76. The predicted octanol–water partition coefficient (Wildman–Crippen LogP) is 5.58. The second kappa shape index (κ2) is 11.4. The molecule has 1 atom stereocenters. The van der Waals surface area contributed by atoms with E-state index >= 15 is 0 Å². The van der Waals surface area contributed by atoms with Crippen LogP contribution in [0.15, 0.2) is 72.8 Å². The number of carbonyl (C=O) groups is 1. The van der Waals surface area contributed by atoms with Crippen LogP contribution in [0.1, 0.15) is 42.1 Å². The van der Waals surface area contributed by atoms with Crippen LogP contribution in [0.2, 0.25) is 0 Å². The van der Waals surface area contributed by atoms with E-state index < -0.39 is 18.6 Å². The molecule has 5 nitrogen and oxygen atoms in total. The molecule has 0 fully saturated rings. The van der Waals surface area contributed by atoms with Crippen LogP contribution in [-0.2, 0) is 17.1 Å².